The van der Waals surface area contributed by atoms with Crippen molar-refractivity contribution < 1.29 is 19.1 Å². The lowest BCUT2D eigenvalue weighted by Crippen LogP contribution is -2.14. The molecule has 21 heavy (non-hydrogen) atoms. The van der Waals surface area contributed by atoms with Gasteiger partial charge in [-0.1, -0.05) is 38.8 Å². The van der Waals surface area contributed by atoms with Crippen molar-refractivity contribution in [2.75, 3.05) is 13.2 Å². The molecule has 5 heteroatoms. The van der Waals surface area contributed by atoms with Crippen molar-refractivity contribution in [1.82, 2.24) is 0 Å². The molecule has 0 saturated carbocycles. The molecule has 0 heterocycles. The number of hydrogen-bond acceptors (Lipinski definition) is 4. The summed E-state index contributed by atoms with van der Waals surface area (Å²) in [7, 11) is 0. The average molecular weight is 315 g/mol. The lowest BCUT2D eigenvalue weighted by Gasteiger charge is -2.09. The summed E-state index contributed by atoms with van der Waals surface area (Å²) >= 11 is 0. The van der Waals surface area contributed by atoms with Crippen LogP contribution in [0.15, 0.2) is 24.3 Å². The number of unbranched alkanes of at least 4 members (excludes halogenated alkanes) is 2. The standard InChI is InChI=1S/C16H22O4.ClH/c1-3-5-11-19-15(17)13-9-7-8-10-14(13)16(18)20-12-6-4-2;/h7-10H,3-6,11-12H2,1-2H3;1H. The van der Waals surface area contributed by atoms with Gasteiger partial charge in [-0.2, -0.15) is 0 Å². The fourth-order valence-electron chi connectivity index (χ4n) is 1.61. The van der Waals surface area contributed by atoms with Gasteiger partial charge < -0.3 is 9.47 Å². The van der Waals surface area contributed by atoms with Crippen LogP contribution in [0.4, 0.5) is 0 Å². The van der Waals surface area contributed by atoms with Crippen LogP contribution in [0.3, 0.4) is 0 Å². The van der Waals surface area contributed by atoms with Crippen LogP contribution in [-0.4, -0.2) is 25.2 Å². The van der Waals surface area contributed by atoms with Crippen LogP contribution in [-0.2, 0) is 9.47 Å². The summed E-state index contributed by atoms with van der Waals surface area (Å²) in [5.74, 6) is -0.942. The zero-order valence-corrected chi connectivity index (χ0v) is 13.4. The van der Waals surface area contributed by atoms with E-state index in [9.17, 15) is 9.59 Å². The first-order valence-corrected chi connectivity index (χ1v) is 7.14. The van der Waals surface area contributed by atoms with Crippen molar-refractivity contribution >= 4 is 24.3 Å². The Bertz CT molecular complexity index is 405. The summed E-state index contributed by atoms with van der Waals surface area (Å²) < 4.78 is 10.3. The van der Waals surface area contributed by atoms with E-state index in [2.05, 4.69) is 0 Å². The lowest BCUT2D eigenvalue weighted by atomic mass is 10.1. The molecule has 0 saturated heterocycles. The van der Waals surface area contributed by atoms with Gasteiger partial charge in [0.15, 0.2) is 0 Å². The van der Waals surface area contributed by atoms with Gasteiger partial charge in [-0.05, 0) is 25.0 Å². The summed E-state index contributed by atoms with van der Waals surface area (Å²) in [6, 6.07) is 6.59. The molecule has 0 fully saturated rings. The first-order chi connectivity index (χ1) is 9.70. The Morgan fingerprint density at radius 3 is 1.57 bits per heavy atom. The van der Waals surface area contributed by atoms with Crippen molar-refractivity contribution in [3.8, 4) is 0 Å². The Hall–Kier alpha value is -1.55. The zero-order chi connectivity index (χ0) is 14.8. The first kappa shape index (κ1) is 19.4. The van der Waals surface area contributed by atoms with E-state index in [0.717, 1.165) is 25.7 Å². The van der Waals surface area contributed by atoms with Crippen LogP contribution >= 0.6 is 12.4 Å². The maximum Gasteiger partial charge on any atom is 0.339 e. The third kappa shape index (κ3) is 6.63. The molecule has 0 aliphatic rings. The highest BCUT2D eigenvalue weighted by atomic mass is 35.5. The van der Waals surface area contributed by atoms with Gasteiger partial charge in [0.05, 0.1) is 24.3 Å². The molecule has 0 atom stereocenters. The van der Waals surface area contributed by atoms with Gasteiger partial charge in [0.2, 0.25) is 0 Å². The van der Waals surface area contributed by atoms with Crippen LogP contribution in [0.5, 0.6) is 0 Å². The minimum absolute atomic E-state index is 0. The van der Waals surface area contributed by atoms with E-state index >= 15 is 0 Å². The number of halogens is 1. The number of ether oxygens (including phenoxy) is 2. The predicted octanol–water partition coefficient (Wildman–Crippen LogP) is 4.02. The molecule has 0 aliphatic carbocycles. The Balaban J connectivity index is 0.00000400. The van der Waals surface area contributed by atoms with Crippen LogP contribution in [0.25, 0.3) is 0 Å². The molecule has 1 aromatic carbocycles. The second kappa shape index (κ2) is 11.1. The van der Waals surface area contributed by atoms with Gasteiger partial charge in [-0.25, -0.2) is 9.59 Å². The number of benzene rings is 1. The number of carbonyl (C=O) groups excluding carboxylic acids is 2. The van der Waals surface area contributed by atoms with Gasteiger partial charge in [0.25, 0.3) is 0 Å². The van der Waals surface area contributed by atoms with Gasteiger partial charge in [-0.15, -0.1) is 12.4 Å². The van der Waals surface area contributed by atoms with Crippen LogP contribution in [0, 0.1) is 0 Å². The molecule has 4 nitrogen and oxygen atoms in total. The summed E-state index contributed by atoms with van der Waals surface area (Å²) in [4.78, 5) is 23.9. The monoisotopic (exact) mass is 314 g/mol. The third-order valence-corrected chi connectivity index (χ3v) is 2.83. The fraction of sp³-hybridized carbons (Fsp3) is 0.500. The second-order valence-corrected chi connectivity index (χ2v) is 4.52. The molecule has 1 aromatic rings. The van der Waals surface area contributed by atoms with Crippen LogP contribution in [0.1, 0.15) is 60.2 Å². The number of hydrogen-bond donors (Lipinski definition) is 0. The molecule has 0 amide bonds. The number of esters is 2. The van der Waals surface area contributed by atoms with Crippen molar-refractivity contribution in [3.63, 3.8) is 0 Å². The van der Waals surface area contributed by atoms with E-state index in [1.54, 1.807) is 24.3 Å². The maximum absolute atomic E-state index is 11.9. The molecular formula is C16H23ClO4. The van der Waals surface area contributed by atoms with Gasteiger partial charge in [0.1, 0.15) is 0 Å². The highest BCUT2D eigenvalue weighted by Crippen LogP contribution is 2.12. The molecular weight excluding hydrogens is 292 g/mol. The quantitative estimate of drug-likeness (QED) is 0.537. The Labute approximate surface area is 132 Å². The van der Waals surface area contributed by atoms with E-state index in [4.69, 9.17) is 9.47 Å². The van der Waals surface area contributed by atoms with Crippen molar-refractivity contribution in [2.24, 2.45) is 0 Å². The van der Waals surface area contributed by atoms with Gasteiger partial charge >= 0.3 is 11.9 Å². The summed E-state index contributed by atoms with van der Waals surface area (Å²) in [6.45, 7) is 4.78. The molecule has 0 radical (unpaired) electrons. The minimum Gasteiger partial charge on any atom is -0.462 e. The zero-order valence-electron chi connectivity index (χ0n) is 12.6. The molecule has 0 aromatic heterocycles. The normalized spacial score (nSPS) is 9.62. The summed E-state index contributed by atoms with van der Waals surface area (Å²) in [5, 5.41) is 0. The van der Waals surface area contributed by atoms with Crippen LogP contribution < -0.4 is 0 Å². The van der Waals surface area contributed by atoms with E-state index < -0.39 is 11.9 Å². The molecule has 0 unspecified atom stereocenters. The smallest absolute Gasteiger partial charge is 0.339 e. The van der Waals surface area contributed by atoms with Crippen molar-refractivity contribution in [1.29, 1.82) is 0 Å². The molecule has 0 N–H and O–H groups in total. The largest absolute Gasteiger partial charge is 0.462 e. The average Bonchev–Trinajstić information content (AvgIpc) is 2.47. The van der Waals surface area contributed by atoms with Gasteiger partial charge in [-0.3, -0.25) is 0 Å². The van der Waals surface area contributed by atoms with Crippen LogP contribution in [0.2, 0.25) is 0 Å². The molecule has 118 valence electrons. The van der Waals surface area contributed by atoms with Gasteiger partial charge in [0, 0.05) is 0 Å². The number of carbonyl (C=O) groups is 2. The predicted molar refractivity (Wildman–Crippen MR) is 84.1 cm³/mol. The maximum atomic E-state index is 11.9. The molecule has 0 bridgehead atoms. The second-order valence-electron chi connectivity index (χ2n) is 4.52. The first-order valence-electron chi connectivity index (χ1n) is 7.14. The molecule has 0 spiro atoms. The van der Waals surface area contributed by atoms with E-state index in [-0.39, 0.29) is 23.5 Å². The highest BCUT2D eigenvalue weighted by Gasteiger charge is 2.18. The summed E-state index contributed by atoms with van der Waals surface area (Å²) in [5.41, 5.74) is 0.537. The lowest BCUT2D eigenvalue weighted by molar-refractivity contribution is 0.0452. The van der Waals surface area contributed by atoms with E-state index in [1.807, 2.05) is 13.8 Å². The Kier molecular flexibility index (Phi) is 10.3. The van der Waals surface area contributed by atoms with Crippen molar-refractivity contribution in [2.45, 2.75) is 39.5 Å². The third-order valence-electron chi connectivity index (χ3n) is 2.83. The molecule has 1 rings (SSSR count). The topological polar surface area (TPSA) is 52.6 Å². The molecule has 0 aliphatic heterocycles. The van der Waals surface area contributed by atoms with E-state index in [0.29, 0.717) is 13.2 Å². The minimum atomic E-state index is -0.471. The Morgan fingerprint density at radius 2 is 1.24 bits per heavy atom. The van der Waals surface area contributed by atoms with Crippen molar-refractivity contribution in [3.05, 3.63) is 35.4 Å². The SMILES string of the molecule is CCCCOC(=O)c1ccccc1C(=O)OCCCC.Cl. The fourth-order valence-corrected chi connectivity index (χ4v) is 1.61. The van der Waals surface area contributed by atoms with E-state index in [1.165, 1.54) is 0 Å². The number of rotatable bonds is 8. The Morgan fingerprint density at radius 1 is 0.857 bits per heavy atom. The summed E-state index contributed by atoms with van der Waals surface area (Å²) in [6.07, 6.45) is 3.53. The highest BCUT2D eigenvalue weighted by molar-refractivity contribution is 6.03.